The minimum atomic E-state index is -3.90. The number of benzene rings is 3. The number of nitrogens with two attached hydrogens (primary N) is 2. The Kier molecular flexibility index (Phi) is 9.16. The normalized spacial score (nSPS) is 11.5. The maximum atomic E-state index is 13.1. The number of aliphatic imine (C=N–C) groups is 2. The topological polar surface area (TPSA) is 149 Å². The Balaban J connectivity index is 0.000000375. The van der Waals surface area contributed by atoms with Gasteiger partial charge < -0.3 is 5.73 Å². The van der Waals surface area contributed by atoms with E-state index in [0.29, 0.717) is 17.1 Å². The lowest BCUT2D eigenvalue weighted by Gasteiger charge is -2.04. The third-order valence-corrected chi connectivity index (χ3v) is 6.80. The zero-order chi connectivity index (χ0) is 27.9. The second-order valence-corrected chi connectivity index (χ2v) is 9.98. The second kappa shape index (κ2) is 12.3. The van der Waals surface area contributed by atoms with Crippen molar-refractivity contribution < 1.29 is 8.42 Å². The lowest BCUT2D eigenvalue weighted by molar-refractivity contribution is 0.597. The smallest absolute Gasteiger partial charge is 0.282 e. The van der Waals surface area contributed by atoms with Crippen LogP contribution in [0, 0.1) is 6.92 Å². The largest absolute Gasteiger partial charge is 0.399 e. The van der Waals surface area contributed by atoms with Crippen LogP contribution in [0.3, 0.4) is 0 Å². The molecule has 1 heterocycles. The molecule has 38 heavy (non-hydrogen) atoms. The molecule has 198 valence electrons. The first kappa shape index (κ1) is 28.3. The predicted molar refractivity (Wildman–Crippen MR) is 154 cm³/mol. The number of amidine groups is 1. The first-order valence-corrected chi connectivity index (χ1v) is 13.6. The van der Waals surface area contributed by atoms with Gasteiger partial charge in [0.05, 0.1) is 16.3 Å². The first-order chi connectivity index (χ1) is 18.1. The SMILES string of the molecule is C=NC(=Nc1ccccc1CC)c1c(C)[nH]n(-c2cccc(S(N)(=O)=O)c2)c1=O.CCc1ccccc1N. The summed E-state index contributed by atoms with van der Waals surface area (Å²) in [6.45, 7) is 9.39. The zero-order valence-electron chi connectivity index (χ0n) is 21.7. The molecule has 0 saturated carbocycles. The van der Waals surface area contributed by atoms with E-state index >= 15 is 0 Å². The number of aryl methyl sites for hydroxylation is 3. The molecule has 0 radical (unpaired) electrons. The number of aromatic nitrogens is 2. The molecule has 0 saturated heterocycles. The molecule has 5 N–H and O–H groups in total. The molecular weight excluding hydrogens is 500 g/mol. The van der Waals surface area contributed by atoms with E-state index in [0.717, 1.165) is 24.1 Å². The number of hydrogen-bond acceptors (Lipinski definition) is 5. The fourth-order valence-electron chi connectivity index (χ4n) is 3.85. The second-order valence-electron chi connectivity index (χ2n) is 8.42. The van der Waals surface area contributed by atoms with Crippen LogP contribution in [-0.4, -0.2) is 30.8 Å². The van der Waals surface area contributed by atoms with Gasteiger partial charge in [-0.05, 0) is 67.9 Å². The molecule has 0 aliphatic carbocycles. The molecule has 9 nitrogen and oxygen atoms in total. The van der Waals surface area contributed by atoms with Crippen LogP contribution in [0.15, 0.2) is 92.5 Å². The van der Waals surface area contributed by atoms with Crippen LogP contribution >= 0.6 is 0 Å². The molecule has 4 rings (SSSR count). The van der Waals surface area contributed by atoms with E-state index in [9.17, 15) is 13.2 Å². The van der Waals surface area contributed by atoms with Gasteiger partial charge in [0.2, 0.25) is 10.0 Å². The Labute approximate surface area is 222 Å². The average molecular weight is 533 g/mol. The van der Waals surface area contributed by atoms with Crippen molar-refractivity contribution in [1.82, 2.24) is 9.78 Å². The fraction of sp³-hybridized carbons (Fsp3) is 0.179. The van der Waals surface area contributed by atoms with Gasteiger partial charge in [-0.25, -0.2) is 28.2 Å². The van der Waals surface area contributed by atoms with Crippen LogP contribution in [0.2, 0.25) is 0 Å². The van der Waals surface area contributed by atoms with Crippen LogP contribution in [-0.2, 0) is 22.9 Å². The lowest BCUT2D eigenvalue weighted by atomic mass is 10.1. The standard InChI is InChI=1S/C20H21N5O3S.C8H11N/c1-4-14-8-5-6-11-17(14)23-19(22-3)18-13(2)24-25(20(18)26)15-9-7-10-16(12-15)29(21,27)28;1-2-7-5-3-4-6-8(7)9/h5-12,24H,3-4H2,1-2H3,(H2,21,27,28);3-6H,2,9H2,1H3. The van der Waals surface area contributed by atoms with Crippen LogP contribution in [0.5, 0.6) is 0 Å². The maximum Gasteiger partial charge on any atom is 0.282 e. The van der Waals surface area contributed by atoms with Gasteiger partial charge in [0.25, 0.3) is 5.56 Å². The highest BCUT2D eigenvalue weighted by molar-refractivity contribution is 7.89. The summed E-state index contributed by atoms with van der Waals surface area (Å²) in [6.07, 6.45) is 1.80. The average Bonchev–Trinajstić information content (AvgIpc) is 3.21. The summed E-state index contributed by atoms with van der Waals surface area (Å²) in [5.41, 5.74) is 10.2. The predicted octanol–water partition coefficient (Wildman–Crippen LogP) is 4.29. The van der Waals surface area contributed by atoms with Gasteiger partial charge in [0.15, 0.2) is 5.84 Å². The van der Waals surface area contributed by atoms with Crippen molar-refractivity contribution in [3.8, 4) is 5.69 Å². The van der Waals surface area contributed by atoms with Crippen molar-refractivity contribution in [2.45, 2.75) is 38.5 Å². The number of para-hydroxylation sites is 2. The van der Waals surface area contributed by atoms with Crippen molar-refractivity contribution in [1.29, 1.82) is 0 Å². The van der Waals surface area contributed by atoms with Gasteiger partial charge in [-0.2, -0.15) is 0 Å². The van der Waals surface area contributed by atoms with Gasteiger partial charge in [-0.1, -0.05) is 56.3 Å². The molecule has 0 fully saturated rings. The van der Waals surface area contributed by atoms with Gasteiger partial charge in [0.1, 0.15) is 5.56 Å². The zero-order valence-corrected chi connectivity index (χ0v) is 22.5. The monoisotopic (exact) mass is 532 g/mol. The molecule has 0 bridgehead atoms. The minimum Gasteiger partial charge on any atom is -0.399 e. The molecule has 0 atom stereocenters. The molecular formula is C28H32N6O3S. The number of nitrogens with zero attached hydrogens (tertiary/aromatic N) is 3. The van der Waals surface area contributed by atoms with E-state index in [4.69, 9.17) is 10.9 Å². The Hall–Kier alpha value is -4.28. The van der Waals surface area contributed by atoms with Crippen molar-refractivity contribution in [3.63, 3.8) is 0 Å². The summed E-state index contributed by atoms with van der Waals surface area (Å²) in [6, 6.07) is 21.3. The summed E-state index contributed by atoms with van der Waals surface area (Å²) in [7, 11) is -3.90. The van der Waals surface area contributed by atoms with Gasteiger partial charge in [-0.15, -0.1) is 0 Å². The molecule has 0 aliphatic rings. The summed E-state index contributed by atoms with van der Waals surface area (Å²) < 4.78 is 24.5. The Morgan fingerprint density at radius 1 is 0.974 bits per heavy atom. The number of primary sulfonamides is 1. The van der Waals surface area contributed by atoms with Crippen LogP contribution in [0.1, 0.15) is 36.2 Å². The van der Waals surface area contributed by atoms with Crippen molar-refractivity contribution >= 4 is 34.0 Å². The van der Waals surface area contributed by atoms with E-state index in [2.05, 4.69) is 34.8 Å². The summed E-state index contributed by atoms with van der Waals surface area (Å²) in [4.78, 5) is 21.5. The molecule has 0 unspecified atom stereocenters. The fourth-order valence-corrected chi connectivity index (χ4v) is 4.40. The molecule has 1 aromatic heterocycles. The number of anilines is 1. The van der Waals surface area contributed by atoms with E-state index in [1.807, 2.05) is 49.4 Å². The highest BCUT2D eigenvalue weighted by Gasteiger charge is 2.19. The van der Waals surface area contributed by atoms with E-state index < -0.39 is 15.6 Å². The van der Waals surface area contributed by atoms with Crippen molar-refractivity contribution in [2.75, 3.05) is 5.73 Å². The molecule has 0 amide bonds. The Morgan fingerprint density at radius 2 is 1.61 bits per heavy atom. The van der Waals surface area contributed by atoms with Crippen molar-refractivity contribution in [3.05, 3.63) is 106 Å². The number of nitrogen functional groups attached to an aromatic ring is 1. The van der Waals surface area contributed by atoms with E-state index in [1.54, 1.807) is 13.0 Å². The minimum absolute atomic E-state index is 0.0942. The highest BCUT2D eigenvalue weighted by atomic mass is 32.2. The van der Waals surface area contributed by atoms with E-state index in [1.165, 1.54) is 28.4 Å². The Bertz CT molecular complexity index is 1630. The number of nitrogens with one attached hydrogen (secondary N) is 1. The summed E-state index contributed by atoms with van der Waals surface area (Å²) >= 11 is 0. The van der Waals surface area contributed by atoms with Crippen LogP contribution < -0.4 is 16.4 Å². The number of H-pyrrole nitrogens is 1. The third kappa shape index (κ3) is 6.53. The molecule has 10 heteroatoms. The number of sulfonamides is 1. The summed E-state index contributed by atoms with van der Waals surface area (Å²) in [5.74, 6) is 0.186. The third-order valence-electron chi connectivity index (χ3n) is 5.88. The number of aromatic amines is 1. The number of hydrogen-bond donors (Lipinski definition) is 3. The maximum absolute atomic E-state index is 13.1. The summed E-state index contributed by atoms with van der Waals surface area (Å²) in [5, 5.41) is 8.13. The van der Waals surface area contributed by atoms with Gasteiger partial charge in [-0.3, -0.25) is 9.89 Å². The van der Waals surface area contributed by atoms with Crippen LogP contribution in [0.4, 0.5) is 11.4 Å². The highest BCUT2D eigenvalue weighted by Crippen LogP contribution is 2.21. The molecule has 3 aromatic carbocycles. The lowest BCUT2D eigenvalue weighted by Crippen LogP contribution is -2.20. The quantitative estimate of drug-likeness (QED) is 0.193. The van der Waals surface area contributed by atoms with E-state index in [-0.39, 0.29) is 16.3 Å². The van der Waals surface area contributed by atoms with Crippen molar-refractivity contribution in [2.24, 2.45) is 15.1 Å². The first-order valence-electron chi connectivity index (χ1n) is 12.0. The van der Waals surface area contributed by atoms with Gasteiger partial charge >= 0.3 is 0 Å². The molecule has 0 aliphatic heterocycles. The van der Waals surface area contributed by atoms with Crippen LogP contribution in [0.25, 0.3) is 5.69 Å². The number of rotatable bonds is 6. The molecule has 4 aromatic rings. The molecule has 0 spiro atoms. The Morgan fingerprint density at radius 3 is 2.18 bits per heavy atom. The van der Waals surface area contributed by atoms with Gasteiger partial charge in [0, 0.05) is 11.4 Å².